The van der Waals surface area contributed by atoms with Gasteiger partial charge in [0.05, 0.1) is 18.9 Å². The zero-order valence-corrected chi connectivity index (χ0v) is 15.8. The van der Waals surface area contributed by atoms with E-state index in [-0.39, 0.29) is 0 Å². The minimum atomic E-state index is 0.793. The van der Waals surface area contributed by atoms with Crippen molar-refractivity contribution in [1.82, 2.24) is 24.5 Å². The largest absolute Gasteiger partial charge is 0.379 e. The zero-order valence-electron chi connectivity index (χ0n) is 15.0. The predicted octanol–water partition coefficient (Wildman–Crippen LogP) is 1.09. The smallest absolute Gasteiger partial charge is 0.131 e. The van der Waals surface area contributed by atoms with Crippen LogP contribution in [0, 0.1) is 0 Å². The quantitative estimate of drug-likeness (QED) is 0.763. The van der Waals surface area contributed by atoms with Gasteiger partial charge in [-0.2, -0.15) is 5.10 Å². The number of piperazine rings is 1. The maximum atomic E-state index is 6.42. The SMILES string of the molecule is CCc1nn(C)c(Cl)c1CN1CCN(CCN2CCOCC2)CC1. The number of hydrogen-bond donors (Lipinski definition) is 0. The monoisotopic (exact) mass is 355 g/mol. The van der Waals surface area contributed by atoms with E-state index in [1.807, 2.05) is 7.05 Å². The summed E-state index contributed by atoms with van der Waals surface area (Å²) < 4.78 is 7.21. The van der Waals surface area contributed by atoms with Gasteiger partial charge in [-0.1, -0.05) is 18.5 Å². The molecular formula is C17H30ClN5O. The molecule has 0 aliphatic carbocycles. The van der Waals surface area contributed by atoms with Gasteiger partial charge in [0.25, 0.3) is 0 Å². The van der Waals surface area contributed by atoms with Gasteiger partial charge >= 0.3 is 0 Å². The molecule has 2 aliphatic heterocycles. The third-order valence-corrected chi connectivity index (χ3v) is 5.64. The van der Waals surface area contributed by atoms with Crippen molar-refractivity contribution in [3.8, 4) is 0 Å². The highest BCUT2D eigenvalue weighted by Crippen LogP contribution is 2.22. The Balaban J connectivity index is 1.43. The fraction of sp³-hybridized carbons (Fsp3) is 0.824. The third-order valence-electron chi connectivity index (χ3n) is 5.17. The second-order valence-corrected chi connectivity index (χ2v) is 7.12. The van der Waals surface area contributed by atoms with Crippen LogP contribution in [0.4, 0.5) is 0 Å². The van der Waals surface area contributed by atoms with Crippen LogP contribution in [0.15, 0.2) is 0 Å². The maximum Gasteiger partial charge on any atom is 0.131 e. The first-order chi connectivity index (χ1) is 11.7. The molecule has 24 heavy (non-hydrogen) atoms. The highest BCUT2D eigenvalue weighted by molar-refractivity contribution is 6.30. The topological polar surface area (TPSA) is 36.8 Å². The Kier molecular flexibility index (Phi) is 6.52. The molecule has 3 rings (SSSR count). The first-order valence-electron chi connectivity index (χ1n) is 9.12. The lowest BCUT2D eigenvalue weighted by molar-refractivity contribution is 0.0296. The van der Waals surface area contributed by atoms with Gasteiger partial charge in [0, 0.05) is 71.5 Å². The Labute approximate surface area is 150 Å². The number of ether oxygens (including phenoxy) is 1. The van der Waals surface area contributed by atoms with E-state index in [0.717, 1.165) is 82.8 Å². The van der Waals surface area contributed by atoms with Crippen LogP contribution in [-0.4, -0.2) is 90.1 Å². The van der Waals surface area contributed by atoms with Crippen LogP contribution < -0.4 is 0 Å². The van der Waals surface area contributed by atoms with Crippen molar-refractivity contribution >= 4 is 11.6 Å². The van der Waals surface area contributed by atoms with E-state index < -0.39 is 0 Å². The highest BCUT2D eigenvalue weighted by atomic mass is 35.5. The van der Waals surface area contributed by atoms with Crippen LogP contribution >= 0.6 is 11.6 Å². The molecule has 0 spiro atoms. The molecule has 1 aromatic rings. The van der Waals surface area contributed by atoms with Crippen molar-refractivity contribution in [3.63, 3.8) is 0 Å². The average Bonchev–Trinajstić information content (AvgIpc) is 2.90. The Morgan fingerprint density at radius 1 is 0.958 bits per heavy atom. The molecule has 1 aromatic heterocycles. The molecule has 2 saturated heterocycles. The van der Waals surface area contributed by atoms with Gasteiger partial charge in [0.2, 0.25) is 0 Å². The zero-order chi connectivity index (χ0) is 16.9. The first-order valence-corrected chi connectivity index (χ1v) is 9.50. The van der Waals surface area contributed by atoms with Crippen LogP contribution in [0.5, 0.6) is 0 Å². The molecule has 0 unspecified atom stereocenters. The molecule has 0 aromatic carbocycles. The van der Waals surface area contributed by atoms with Crippen molar-refractivity contribution in [3.05, 3.63) is 16.4 Å². The second kappa shape index (κ2) is 8.63. The molecule has 3 heterocycles. The standard InChI is InChI=1S/C17H30ClN5O/c1-3-16-15(17(18)20(2)19-16)14-23-8-6-21(7-9-23)4-5-22-10-12-24-13-11-22/h3-14H2,1-2H3. The molecule has 6 nitrogen and oxygen atoms in total. The highest BCUT2D eigenvalue weighted by Gasteiger charge is 2.21. The number of nitrogens with zero attached hydrogens (tertiary/aromatic N) is 5. The minimum Gasteiger partial charge on any atom is -0.379 e. The lowest BCUT2D eigenvalue weighted by Crippen LogP contribution is -2.49. The normalized spacial score (nSPS) is 21.5. The molecule has 7 heteroatoms. The van der Waals surface area contributed by atoms with Crippen molar-refractivity contribution in [2.45, 2.75) is 19.9 Å². The third kappa shape index (κ3) is 4.49. The summed E-state index contributed by atoms with van der Waals surface area (Å²) in [5.41, 5.74) is 2.35. The van der Waals surface area contributed by atoms with Gasteiger partial charge in [-0.25, -0.2) is 0 Å². The number of aromatic nitrogens is 2. The van der Waals surface area contributed by atoms with Crippen molar-refractivity contribution in [1.29, 1.82) is 0 Å². The van der Waals surface area contributed by atoms with Crippen LogP contribution in [0.25, 0.3) is 0 Å². The second-order valence-electron chi connectivity index (χ2n) is 6.77. The Morgan fingerprint density at radius 3 is 2.17 bits per heavy atom. The average molecular weight is 356 g/mol. The summed E-state index contributed by atoms with van der Waals surface area (Å²) in [7, 11) is 1.93. The first kappa shape index (κ1) is 18.1. The van der Waals surface area contributed by atoms with Crippen molar-refractivity contribution in [2.75, 3.05) is 65.6 Å². The van der Waals surface area contributed by atoms with E-state index >= 15 is 0 Å². The van der Waals surface area contributed by atoms with Gasteiger partial charge in [-0.15, -0.1) is 0 Å². The number of rotatable bonds is 6. The molecular weight excluding hydrogens is 326 g/mol. The van der Waals surface area contributed by atoms with Crippen LogP contribution in [-0.2, 0) is 24.8 Å². The van der Waals surface area contributed by atoms with Gasteiger partial charge < -0.3 is 4.74 Å². The van der Waals surface area contributed by atoms with E-state index in [4.69, 9.17) is 16.3 Å². The summed E-state index contributed by atoms with van der Waals surface area (Å²) >= 11 is 6.42. The summed E-state index contributed by atoms with van der Waals surface area (Å²) in [6.45, 7) is 13.8. The molecule has 0 atom stereocenters. The summed E-state index contributed by atoms with van der Waals surface area (Å²) in [6.07, 6.45) is 0.940. The fourth-order valence-electron chi connectivity index (χ4n) is 3.54. The summed E-state index contributed by atoms with van der Waals surface area (Å²) in [6, 6.07) is 0. The molecule has 136 valence electrons. The number of aryl methyl sites for hydroxylation is 2. The maximum absolute atomic E-state index is 6.42. The Hall–Kier alpha value is -0.660. The van der Waals surface area contributed by atoms with Crippen LogP contribution in [0.1, 0.15) is 18.2 Å². The van der Waals surface area contributed by atoms with Gasteiger partial charge in [0.1, 0.15) is 5.15 Å². The van der Waals surface area contributed by atoms with Gasteiger partial charge in [-0.05, 0) is 6.42 Å². The molecule has 2 fully saturated rings. The molecule has 0 N–H and O–H groups in total. The molecule has 0 bridgehead atoms. The lowest BCUT2D eigenvalue weighted by Gasteiger charge is -2.36. The van der Waals surface area contributed by atoms with Crippen molar-refractivity contribution in [2.24, 2.45) is 7.05 Å². The Morgan fingerprint density at radius 2 is 1.54 bits per heavy atom. The number of hydrogen-bond acceptors (Lipinski definition) is 5. The predicted molar refractivity (Wildman–Crippen MR) is 96.6 cm³/mol. The van der Waals surface area contributed by atoms with Crippen molar-refractivity contribution < 1.29 is 4.74 Å². The van der Waals surface area contributed by atoms with E-state index in [9.17, 15) is 0 Å². The number of halogens is 1. The van der Waals surface area contributed by atoms with E-state index in [2.05, 4.69) is 26.7 Å². The lowest BCUT2D eigenvalue weighted by atomic mass is 10.2. The van der Waals surface area contributed by atoms with E-state index in [1.54, 1.807) is 4.68 Å². The van der Waals surface area contributed by atoms with Gasteiger partial charge in [-0.3, -0.25) is 19.4 Å². The molecule has 2 aliphatic rings. The minimum absolute atomic E-state index is 0.793. The molecule has 0 radical (unpaired) electrons. The Bertz CT molecular complexity index is 521. The van der Waals surface area contributed by atoms with E-state index in [0.29, 0.717) is 0 Å². The van der Waals surface area contributed by atoms with Gasteiger partial charge in [0.15, 0.2) is 0 Å². The van der Waals surface area contributed by atoms with E-state index in [1.165, 1.54) is 12.1 Å². The molecule has 0 amide bonds. The summed E-state index contributed by atoms with van der Waals surface area (Å²) in [5, 5.41) is 5.32. The molecule has 0 saturated carbocycles. The number of morpholine rings is 1. The summed E-state index contributed by atoms with van der Waals surface area (Å²) in [4.78, 5) is 7.60. The fourth-order valence-corrected chi connectivity index (χ4v) is 3.75. The van der Waals surface area contributed by atoms with Crippen LogP contribution in [0.3, 0.4) is 0 Å². The van der Waals surface area contributed by atoms with Crippen LogP contribution in [0.2, 0.25) is 5.15 Å². The summed E-state index contributed by atoms with van der Waals surface area (Å²) in [5.74, 6) is 0.